The van der Waals surface area contributed by atoms with Crippen LogP contribution in [0, 0.1) is 0 Å². The molecular weight excluding hydrogens is 371 g/mol. The molecule has 1 aromatic heterocycles. The Morgan fingerprint density at radius 1 is 1.04 bits per heavy atom. The molecule has 0 amide bonds. The molecule has 128 valence electrons. The third kappa shape index (κ3) is 3.80. The Balaban J connectivity index is 1.68. The van der Waals surface area contributed by atoms with Gasteiger partial charge in [-0.05, 0) is 31.0 Å². The molecular formula is C15H16Cl2N4O2S. The summed E-state index contributed by atoms with van der Waals surface area (Å²) in [7, 11) is -3.77. The van der Waals surface area contributed by atoms with Gasteiger partial charge in [0.1, 0.15) is 4.90 Å². The van der Waals surface area contributed by atoms with Crippen molar-refractivity contribution in [2.75, 3.05) is 18.0 Å². The summed E-state index contributed by atoms with van der Waals surface area (Å²) in [6.45, 7) is 1.35. The monoisotopic (exact) mass is 386 g/mol. The highest BCUT2D eigenvalue weighted by atomic mass is 35.5. The smallest absolute Gasteiger partial charge is 0.243 e. The molecule has 1 aromatic carbocycles. The molecule has 0 radical (unpaired) electrons. The Morgan fingerprint density at radius 3 is 2.21 bits per heavy atom. The Morgan fingerprint density at radius 2 is 1.62 bits per heavy atom. The summed E-state index contributed by atoms with van der Waals surface area (Å²) in [4.78, 5) is 10.4. The number of benzene rings is 1. The highest BCUT2D eigenvalue weighted by molar-refractivity contribution is 7.89. The summed E-state index contributed by atoms with van der Waals surface area (Å²) in [5.41, 5.74) is 0. The highest BCUT2D eigenvalue weighted by Crippen LogP contribution is 2.29. The van der Waals surface area contributed by atoms with Crippen LogP contribution in [-0.2, 0) is 10.0 Å². The number of hydrogen-bond donors (Lipinski definition) is 1. The fraction of sp³-hybridized carbons (Fsp3) is 0.333. The van der Waals surface area contributed by atoms with E-state index in [2.05, 4.69) is 14.7 Å². The third-order valence-electron chi connectivity index (χ3n) is 3.84. The van der Waals surface area contributed by atoms with E-state index in [1.165, 1.54) is 12.1 Å². The van der Waals surface area contributed by atoms with E-state index in [0.717, 1.165) is 0 Å². The quantitative estimate of drug-likeness (QED) is 0.873. The van der Waals surface area contributed by atoms with Crippen molar-refractivity contribution in [3.8, 4) is 0 Å². The second kappa shape index (κ2) is 7.23. The van der Waals surface area contributed by atoms with E-state index in [9.17, 15) is 8.42 Å². The molecule has 1 aliphatic heterocycles. The van der Waals surface area contributed by atoms with Gasteiger partial charge < -0.3 is 4.90 Å². The first kappa shape index (κ1) is 17.4. The van der Waals surface area contributed by atoms with Gasteiger partial charge in [-0.1, -0.05) is 29.3 Å². The van der Waals surface area contributed by atoms with E-state index >= 15 is 0 Å². The van der Waals surface area contributed by atoms with Crippen molar-refractivity contribution < 1.29 is 8.42 Å². The van der Waals surface area contributed by atoms with Gasteiger partial charge in [0.25, 0.3) is 0 Å². The summed E-state index contributed by atoms with van der Waals surface area (Å²) in [5.74, 6) is 0.660. The number of nitrogens with zero attached hydrogens (tertiary/aromatic N) is 3. The van der Waals surface area contributed by atoms with E-state index in [-0.39, 0.29) is 21.0 Å². The van der Waals surface area contributed by atoms with Gasteiger partial charge in [0.2, 0.25) is 16.0 Å². The van der Waals surface area contributed by atoms with Crippen LogP contribution < -0.4 is 9.62 Å². The van der Waals surface area contributed by atoms with E-state index in [4.69, 9.17) is 23.2 Å². The van der Waals surface area contributed by atoms with Crippen molar-refractivity contribution >= 4 is 39.2 Å². The summed E-state index contributed by atoms with van der Waals surface area (Å²) in [6, 6.07) is 6.22. The van der Waals surface area contributed by atoms with Gasteiger partial charge in [-0.15, -0.1) is 0 Å². The molecule has 2 heterocycles. The van der Waals surface area contributed by atoms with Crippen LogP contribution in [0.25, 0.3) is 0 Å². The number of nitrogens with one attached hydrogen (secondary N) is 1. The van der Waals surface area contributed by atoms with Crippen molar-refractivity contribution in [3.63, 3.8) is 0 Å². The van der Waals surface area contributed by atoms with Gasteiger partial charge in [-0.3, -0.25) is 0 Å². The van der Waals surface area contributed by atoms with Crippen molar-refractivity contribution in [1.82, 2.24) is 14.7 Å². The number of aromatic nitrogens is 2. The van der Waals surface area contributed by atoms with Gasteiger partial charge in [-0.2, -0.15) is 0 Å². The topological polar surface area (TPSA) is 75.2 Å². The average Bonchev–Trinajstić information content (AvgIpc) is 2.55. The molecule has 1 N–H and O–H groups in total. The summed E-state index contributed by atoms with van der Waals surface area (Å²) >= 11 is 12.0. The number of rotatable bonds is 4. The largest absolute Gasteiger partial charge is 0.341 e. The first-order chi connectivity index (χ1) is 11.5. The van der Waals surface area contributed by atoms with E-state index in [1.807, 2.05) is 4.90 Å². The van der Waals surface area contributed by atoms with Crippen LogP contribution in [-0.4, -0.2) is 37.5 Å². The number of piperidine rings is 1. The Hall–Kier alpha value is -1.41. The van der Waals surface area contributed by atoms with Gasteiger partial charge in [0, 0.05) is 31.5 Å². The maximum atomic E-state index is 12.6. The summed E-state index contributed by atoms with van der Waals surface area (Å²) in [6.07, 6.45) is 4.69. The number of anilines is 1. The predicted molar refractivity (Wildman–Crippen MR) is 94.1 cm³/mol. The molecule has 6 nitrogen and oxygen atoms in total. The lowest BCUT2D eigenvalue weighted by atomic mass is 10.1. The fourth-order valence-electron chi connectivity index (χ4n) is 2.67. The van der Waals surface area contributed by atoms with Crippen LogP contribution in [0.4, 0.5) is 5.95 Å². The van der Waals surface area contributed by atoms with Gasteiger partial charge in [-0.25, -0.2) is 23.1 Å². The highest BCUT2D eigenvalue weighted by Gasteiger charge is 2.28. The van der Waals surface area contributed by atoms with Crippen LogP contribution in [0.3, 0.4) is 0 Å². The molecule has 1 saturated heterocycles. The zero-order chi connectivity index (χ0) is 17.2. The van der Waals surface area contributed by atoms with Crippen LogP contribution >= 0.6 is 23.2 Å². The van der Waals surface area contributed by atoms with E-state index in [1.54, 1.807) is 24.5 Å². The second-order valence-corrected chi connectivity index (χ2v) is 7.95. The lowest BCUT2D eigenvalue weighted by Gasteiger charge is -2.32. The van der Waals surface area contributed by atoms with Gasteiger partial charge in [0.15, 0.2) is 0 Å². The zero-order valence-corrected chi connectivity index (χ0v) is 15.0. The summed E-state index contributed by atoms with van der Waals surface area (Å²) < 4.78 is 27.9. The normalized spacial score (nSPS) is 16.3. The lowest BCUT2D eigenvalue weighted by Crippen LogP contribution is -2.45. The van der Waals surface area contributed by atoms with Crippen LogP contribution in [0.5, 0.6) is 0 Å². The summed E-state index contributed by atoms with van der Waals surface area (Å²) in [5, 5.41) is 0.232. The van der Waals surface area contributed by atoms with Crippen LogP contribution in [0.1, 0.15) is 12.8 Å². The molecule has 2 aromatic rings. The minimum Gasteiger partial charge on any atom is -0.341 e. The molecule has 1 aliphatic rings. The van der Waals surface area contributed by atoms with E-state index < -0.39 is 10.0 Å². The molecule has 3 rings (SSSR count). The van der Waals surface area contributed by atoms with E-state index in [0.29, 0.717) is 31.9 Å². The molecule has 0 spiro atoms. The Bertz CT molecular complexity index is 789. The van der Waals surface area contributed by atoms with Crippen molar-refractivity contribution in [1.29, 1.82) is 0 Å². The molecule has 9 heteroatoms. The number of hydrogen-bond acceptors (Lipinski definition) is 5. The van der Waals surface area contributed by atoms with Gasteiger partial charge >= 0.3 is 0 Å². The molecule has 24 heavy (non-hydrogen) atoms. The minimum atomic E-state index is -3.77. The first-order valence-electron chi connectivity index (χ1n) is 7.46. The van der Waals surface area contributed by atoms with Crippen LogP contribution in [0.15, 0.2) is 41.6 Å². The number of sulfonamides is 1. The number of halogens is 2. The Kier molecular flexibility index (Phi) is 5.24. The van der Waals surface area contributed by atoms with Crippen molar-refractivity contribution in [2.24, 2.45) is 0 Å². The SMILES string of the molecule is O=S(=O)(NC1CCN(c2ncccn2)CC1)c1c(Cl)cccc1Cl. The molecule has 0 saturated carbocycles. The average molecular weight is 387 g/mol. The first-order valence-corrected chi connectivity index (χ1v) is 9.69. The Labute approximate surface area is 150 Å². The van der Waals surface area contributed by atoms with Crippen molar-refractivity contribution in [3.05, 3.63) is 46.7 Å². The van der Waals surface area contributed by atoms with Crippen LogP contribution in [0.2, 0.25) is 10.0 Å². The predicted octanol–water partition coefficient (Wildman–Crippen LogP) is 2.73. The standard InChI is InChI=1S/C15H16Cl2N4O2S/c16-12-3-1-4-13(17)14(12)24(22,23)20-11-5-9-21(10-6-11)15-18-7-2-8-19-15/h1-4,7-8,11,20H,5-6,9-10H2. The van der Waals surface area contributed by atoms with Gasteiger partial charge in [0.05, 0.1) is 10.0 Å². The van der Waals surface area contributed by atoms with Crippen molar-refractivity contribution in [2.45, 2.75) is 23.8 Å². The molecule has 0 bridgehead atoms. The maximum Gasteiger partial charge on any atom is 0.243 e. The minimum absolute atomic E-state index is 0.0674. The second-order valence-electron chi connectivity index (χ2n) is 5.48. The zero-order valence-electron chi connectivity index (χ0n) is 12.7. The third-order valence-corrected chi connectivity index (χ3v) is 6.31. The molecule has 0 aliphatic carbocycles. The lowest BCUT2D eigenvalue weighted by molar-refractivity contribution is 0.456. The maximum absolute atomic E-state index is 12.6. The fourth-order valence-corrected chi connectivity index (χ4v) is 5.12. The molecule has 1 fully saturated rings. The molecule has 0 unspecified atom stereocenters. The molecule has 0 atom stereocenters.